The molecule has 1 heterocycles. The molecule has 0 amide bonds. The Labute approximate surface area is 202 Å². The van der Waals surface area contributed by atoms with E-state index in [0.29, 0.717) is 18.7 Å². The van der Waals surface area contributed by atoms with E-state index in [2.05, 4.69) is 34.1 Å². The Hall–Kier alpha value is -3.22. The summed E-state index contributed by atoms with van der Waals surface area (Å²) >= 11 is 0. The Kier molecular flexibility index (Phi) is 7.00. The molecule has 0 aliphatic rings. The molecule has 0 aliphatic carbocycles. The van der Waals surface area contributed by atoms with Crippen LogP contribution in [0, 0.1) is 0 Å². The molecule has 0 saturated heterocycles. The van der Waals surface area contributed by atoms with Crippen molar-refractivity contribution >= 4 is 10.0 Å². The van der Waals surface area contributed by atoms with Gasteiger partial charge >= 0.3 is 0 Å². The van der Waals surface area contributed by atoms with Gasteiger partial charge in [-0.3, -0.25) is 0 Å². The summed E-state index contributed by atoms with van der Waals surface area (Å²) in [7, 11) is -3.75. The zero-order chi connectivity index (χ0) is 24.2. The van der Waals surface area contributed by atoms with Crippen LogP contribution in [0.4, 0.5) is 0 Å². The fourth-order valence-electron chi connectivity index (χ4n) is 4.10. The van der Waals surface area contributed by atoms with Gasteiger partial charge in [-0.05, 0) is 29.7 Å². The van der Waals surface area contributed by atoms with E-state index in [0.717, 1.165) is 5.69 Å². The summed E-state index contributed by atoms with van der Waals surface area (Å²) in [6.45, 7) is 6.25. The summed E-state index contributed by atoms with van der Waals surface area (Å²) in [5.41, 5.74) is 3.27. The van der Waals surface area contributed by atoms with Crippen LogP contribution in [0.1, 0.15) is 49.9 Å². The van der Waals surface area contributed by atoms with E-state index in [4.69, 9.17) is 0 Å². The Morgan fingerprint density at radius 2 is 1.32 bits per heavy atom. The zero-order valence-electron chi connectivity index (χ0n) is 19.8. The monoisotopic (exact) mass is 473 g/mol. The highest BCUT2D eigenvalue weighted by molar-refractivity contribution is 7.89. The number of rotatable bonds is 8. The van der Waals surface area contributed by atoms with Crippen LogP contribution in [0.3, 0.4) is 0 Å². The lowest BCUT2D eigenvalue weighted by Gasteiger charge is -2.20. The number of aromatic nitrogens is 2. The summed E-state index contributed by atoms with van der Waals surface area (Å²) in [4.78, 5) is 0.222. The highest BCUT2D eigenvalue weighted by Gasteiger charge is 2.30. The van der Waals surface area contributed by atoms with Gasteiger partial charge in [0.15, 0.2) is 0 Å². The second-order valence-electron chi connectivity index (χ2n) is 9.43. The van der Waals surface area contributed by atoms with Crippen LogP contribution in [0.2, 0.25) is 0 Å². The van der Waals surface area contributed by atoms with E-state index in [9.17, 15) is 8.42 Å². The quantitative estimate of drug-likeness (QED) is 0.359. The molecule has 0 spiro atoms. The molecule has 0 aliphatic heterocycles. The fraction of sp³-hybridized carbons (Fsp3) is 0.250. The van der Waals surface area contributed by atoms with Gasteiger partial charge in [-0.15, -0.1) is 0 Å². The second kappa shape index (κ2) is 9.95. The van der Waals surface area contributed by atoms with Crippen molar-refractivity contribution in [3.8, 4) is 5.69 Å². The van der Waals surface area contributed by atoms with Crippen molar-refractivity contribution in [2.75, 3.05) is 6.54 Å². The zero-order valence-corrected chi connectivity index (χ0v) is 20.7. The Morgan fingerprint density at radius 1 is 0.824 bits per heavy atom. The highest BCUT2D eigenvalue weighted by Crippen LogP contribution is 2.30. The molecule has 3 aromatic carbocycles. The first-order valence-corrected chi connectivity index (χ1v) is 13.0. The highest BCUT2D eigenvalue weighted by atomic mass is 32.2. The van der Waals surface area contributed by atoms with Crippen LogP contribution < -0.4 is 4.72 Å². The Balaban J connectivity index is 1.59. The third kappa shape index (κ3) is 5.46. The van der Waals surface area contributed by atoms with E-state index in [1.807, 2.05) is 87.5 Å². The van der Waals surface area contributed by atoms with Gasteiger partial charge in [-0.2, -0.15) is 5.10 Å². The number of benzene rings is 3. The normalized spacial score (nSPS) is 12.2. The van der Waals surface area contributed by atoms with Crippen molar-refractivity contribution < 1.29 is 8.42 Å². The Bertz CT molecular complexity index is 1270. The van der Waals surface area contributed by atoms with E-state index in [-0.39, 0.29) is 10.8 Å². The molecule has 0 radical (unpaired) electrons. The van der Waals surface area contributed by atoms with Crippen LogP contribution in [-0.2, 0) is 15.4 Å². The van der Waals surface area contributed by atoms with Crippen LogP contribution in [0.25, 0.3) is 5.69 Å². The average Bonchev–Trinajstić information content (AvgIpc) is 3.31. The van der Waals surface area contributed by atoms with Crippen LogP contribution in [0.15, 0.2) is 102 Å². The summed E-state index contributed by atoms with van der Waals surface area (Å²) in [6, 6.07) is 30.0. The molecule has 176 valence electrons. The average molecular weight is 474 g/mol. The number of nitrogens with one attached hydrogen (secondary N) is 1. The number of sulfonamides is 1. The van der Waals surface area contributed by atoms with Crippen molar-refractivity contribution in [3.05, 3.63) is 114 Å². The maximum atomic E-state index is 13.4. The van der Waals surface area contributed by atoms with Crippen LogP contribution in [0.5, 0.6) is 0 Å². The van der Waals surface area contributed by atoms with Crippen molar-refractivity contribution in [1.29, 1.82) is 0 Å². The molecule has 0 saturated carbocycles. The molecule has 4 rings (SSSR count). The molecule has 0 unspecified atom stereocenters. The fourth-order valence-corrected chi connectivity index (χ4v) is 5.48. The predicted octanol–water partition coefficient (Wildman–Crippen LogP) is 5.67. The first-order valence-electron chi connectivity index (χ1n) is 11.5. The van der Waals surface area contributed by atoms with Gasteiger partial charge in [0.25, 0.3) is 0 Å². The van der Waals surface area contributed by atoms with Crippen molar-refractivity contribution in [2.45, 2.75) is 43.4 Å². The first-order chi connectivity index (χ1) is 16.3. The second-order valence-corrected chi connectivity index (χ2v) is 11.2. The first kappa shape index (κ1) is 23.9. The molecule has 0 bridgehead atoms. The van der Waals surface area contributed by atoms with Gasteiger partial charge in [-0.25, -0.2) is 17.8 Å². The lowest BCUT2D eigenvalue weighted by molar-refractivity contribution is 0.537. The minimum atomic E-state index is -3.75. The summed E-state index contributed by atoms with van der Waals surface area (Å²) < 4.78 is 31.4. The van der Waals surface area contributed by atoms with Gasteiger partial charge in [0, 0.05) is 17.9 Å². The Morgan fingerprint density at radius 3 is 1.82 bits per heavy atom. The molecular weight excluding hydrogens is 442 g/mol. The molecule has 34 heavy (non-hydrogen) atoms. The van der Waals surface area contributed by atoms with E-state index in [1.165, 1.54) is 11.1 Å². The van der Waals surface area contributed by atoms with Crippen molar-refractivity contribution in [1.82, 2.24) is 14.5 Å². The summed E-state index contributed by atoms with van der Waals surface area (Å²) in [5.74, 6) is 0.0965. The topological polar surface area (TPSA) is 64.0 Å². The maximum absolute atomic E-state index is 13.4. The van der Waals surface area contributed by atoms with E-state index < -0.39 is 15.4 Å². The SMILES string of the molecule is CC(C)(C)c1nn(-c2ccccc2)cc1S(=O)(=O)NCCC(c1ccccc1)c1ccccc1. The summed E-state index contributed by atoms with van der Waals surface area (Å²) in [5, 5.41) is 4.65. The maximum Gasteiger partial charge on any atom is 0.244 e. The minimum absolute atomic E-state index is 0.0965. The summed E-state index contributed by atoms with van der Waals surface area (Å²) in [6.07, 6.45) is 2.26. The van der Waals surface area contributed by atoms with Crippen molar-refractivity contribution in [2.24, 2.45) is 0 Å². The molecular formula is C28H31N3O2S. The third-order valence-electron chi connectivity index (χ3n) is 5.83. The number of para-hydroxylation sites is 1. The smallest absolute Gasteiger partial charge is 0.239 e. The molecule has 5 nitrogen and oxygen atoms in total. The minimum Gasteiger partial charge on any atom is -0.239 e. The van der Waals surface area contributed by atoms with Gasteiger partial charge in [-0.1, -0.05) is 99.6 Å². The molecule has 6 heteroatoms. The molecule has 1 aromatic heterocycles. The lowest BCUT2D eigenvalue weighted by Crippen LogP contribution is -2.28. The third-order valence-corrected chi connectivity index (χ3v) is 7.29. The van der Waals surface area contributed by atoms with Gasteiger partial charge < -0.3 is 0 Å². The molecule has 4 aromatic rings. The standard InChI is InChI=1S/C28H31N3O2S/c1-28(2,3)27-26(21-31(30-27)24-17-11-6-12-18-24)34(32,33)29-20-19-25(22-13-7-4-8-14-22)23-15-9-5-10-16-23/h4-18,21,25,29H,19-20H2,1-3H3. The van der Waals surface area contributed by atoms with Gasteiger partial charge in [0.05, 0.1) is 17.6 Å². The number of hydrogen-bond acceptors (Lipinski definition) is 3. The van der Waals surface area contributed by atoms with E-state index >= 15 is 0 Å². The van der Waals surface area contributed by atoms with E-state index in [1.54, 1.807) is 10.9 Å². The number of hydrogen-bond donors (Lipinski definition) is 1. The molecule has 1 N–H and O–H groups in total. The van der Waals surface area contributed by atoms with Gasteiger partial charge in [0.1, 0.15) is 4.90 Å². The molecule has 0 fully saturated rings. The van der Waals surface area contributed by atoms with Crippen LogP contribution >= 0.6 is 0 Å². The largest absolute Gasteiger partial charge is 0.244 e. The predicted molar refractivity (Wildman–Crippen MR) is 137 cm³/mol. The lowest BCUT2D eigenvalue weighted by atomic mass is 9.89. The van der Waals surface area contributed by atoms with Gasteiger partial charge in [0.2, 0.25) is 10.0 Å². The van der Waals surface area contributed by atoms with Crippen molar-refractivity contribution in [3.63, 3.8) is 0 Å². The molecule has 0 atom stereocenters. The van der Waals surface area contributed by atoms with Crippen LogP contribution in [-0.4, -0.2) is 24.7 Å². The number of nitrogens with zero attached hydrogens (tertiary/aromatic N) is 2.